The number of rotatable bonds is 11. The summed E-state index contributed by atoms with van der Waals surface area (Å²) in [6, 6.07) is 8.57. The molecule has 2 rings (SSSR count). The van der Waals surface area contributed by atoms with Crippen molar-refractivity contribution in [2.45, 2.75) is 45.1 Å². The van der Waals surface area contributed by atoms with Gasteiger partial charge < -0.3 is 10.1 Å². The summed E-state index contributed by atoms with van der Waals surface area (Å²) in [5, 5.41) is 8.06. The van der Waals surface area contributed by atoms with Gasteiger partial charge in [0.1, 0.15) is 0 Å². The SMILES string of the molecule is Cc1cccc([C@H](CNC(=O)CCCCCCS(N)(=O)=O)N2CCOCC2)c1. The summed E-state index contributed by atoms with van der Waals surface area (Å²) in [4.78, 5) is 14.6. The highest BCUT2D eigenvalue weighted by Gasteiger charge is 2.23. The Labute approximate surface area is 168 Å². The Morgan fingerprint density at radius 1 is 1.21 bits per heavy atom. The molecule has 1 amide bonds. The van der Waals surface area contributed by atoms with Crippen LogP contribution in [0.25, 0.3) is 0 Å². The zero-order valence-electron chi connectivity index (χ0n) is 16.7. The van der Waals surface area contributed by atoms with Crippen molar-refractivity contribution >= 4 is 15.9 Å². The van der Waals surface area contributed by atoms with Gasteiger partial charge in [-0.05, 0) is 25.3 Å². The van der Waals surface area contributed by atoms with Crippen molar-refractivity contribution in [3.8, 4) is 0 Å². The lowest BCUT2D eigenvalue weighted by molar-refractivity contribution is -0.121. The summed E-state index contributed by atoms with van der Waals surface area (Å²) in [5.41, 5.74) is 2.42. The number of carbonyl (C=O) groups is 1. The third-order valence-corrected chi connectivity index (χ3v) is 5.85. The summed E-state index contributed by atoms with van der Waals surface area (Å²) in [6.07, 6.45) is 3.35. The van der Waals surface area contributed by atoms with E-state index in [1.807, 2.05) is 0 Å². The molecule has 3 N–H and O–H groups in total. The minimum atomic E-state index is -3.38. The molecule has 0 bridgehead atoms. The molecule has 1 saturated heterocycles. The van der Waals surface area contributed by atoms with Crippen LogP contribution in [0.3, 0.4) is 0 Å². The van der Waals surface area contributed by atoms with E-state index in [-0.39, 0.29) is 17.7 Å². The molecule has 1 aromatic rings. The first-order valence-electron chi connectivity index (χ1n) is 10.0. The number of nitrogens with zero attached hydrogens (tertiary/aromatic N) is 1. The second-order valence-electron chi connectivity index (χ2n) is 7.41. The number of unbranched alkanes of at least 4 members (excludes halogenated alkanes) is 3. The van der Waals surface area contributed by atoms with Crippen molar-refractivity contribution in [1.82, 2.24) is 10.2 Å². The number of ether oxygens (including phenoxy) is 1. The molecule has 0 aliphatic carbocycles. The Morgan fingerprint density at radius 3 is 2.61 bits per heavy atom. The summed E-state index contributed by atoms with van der Waals surface area (Å²) in [5.74, 6) is 0.0501. The molecule has 0 saturated carbocycles. The summed E-state index contributed by atoms with van der Waals surface area (Å²) in [7, 11) is -3.38. The van der Waals surface area contributed by atoms with Gasteiger partial charge in [0.2, 0.25) is 15.9 Å². The van der Waals surface area contributed by atoms with E-state index in [2.05, 4.69) is 41.4 Å². The number of nitrogens with one attached hydrogen (secondary N) is 1. The van der Waals surface area contributed by atoms with Gasteiger partial charge in [-0.25, -0.2) is 13.6 Å². The number of hydrogen-bond acceptors (Lipinski definition) is 5. The Morgan fingerprint density at radius 2 is 1.93 bits per heavy atom. The lowest BCUT2D eigenvalue weighted by Gasteiger charge is -2.35. The van der Waals surface area contributed by atoms with Gasteiger partial charge in [0.15, 0.2) is 0 Å². The first kappa shape index (κ1) is 22.8. The van der Waals surface area contributed by atoms with Gasteiger partial charge in [-0.3, -0.25) is 9.69 Å². The number of primary sulfonamides is 1. The number of aryl methyl sites for hydroxylation is 1. The van der Waals surface area contributed by atoms with Gasteiger partial charge >= 0.3 is 0 Å². The van der Waals surface area contributed by atoms with Crippen LogP contribution >= 0.6 is 0 Å². The maximum absolute atomic E-state index is 12.3. The zero-order chi connectivity index (χ0) is 20.4. The molecule has 0 aromatic heterocycles. The maximum Gasteiger partial charge on any atom is 0.220 e. The van der Waals surface area contributed by atoms with Crippen LogP contribution in [0.1, 0.15) is 49.3 Å². The largest absolute Gasteiger partial charge is 0.379 e. The minimum absolute atomic E-state index is 0.0108. The molecule has 0 spiro atoms. The molecule has 7 nitrogen and oxygen atoms in total. The molecule has 1 atom stereocenters. The standard InChI is InChI=1S/C20H33N3O4S/c1-17-7-6-8-18(15-17)19(23-10-12-27-13-11-23)16-22-20(24)9-4-2-3-5-14-28(21,25)26/h6-8,15,19H,2-5,9-14,16H2,1H3,(H,22,24)(H2,21,25,26)/t19-/m0/s1. The van der Waals surface area contributed by atoms with Crippen LogP contribution in [-0.2, 0) is 19.6 Å². The van der Waals surface area contributed by atoms with E-state index < -0.39 is 10.0 Å². The smallest absolute Gasteiger partial charge is 0.220 e. The lowest BCUT2D eigenvalue weighted by Crippen LogP contribution is -2.43. The molecule has 0 unspecified atom stereocenters. The monoisotopic (exact) mass is 411 g/mol. The number of nitrogens with two attached hydrogens (primary N) is 1. The fraction of sp³-hybridized carbons (Fsp3) is 0.650. The van der Waals surface area contributed by atoms with Gasteiger partial charge in [0, 0.05) is 26.1 Å². The molecule has 1 heterocycles. The van der Waals surface area contributed by atoms with Crippen molar-refractivity contribution in [2.75, 3.05) is 38.6 Å². The fourth-order valence-corrected chi connectivity index (χ4v) is 4.07. The summed E-state index contributed by atoms with van der Waals surface area (Å²) >= 11 is 0. The van der Waals surface area contributed by atoms with Gasteiger partial charge in [0.05, 0.1) is 25.0 Å². The van der Waals surface area contributed by atoms with E-state index in [4.69, 9.17) is 9.88 Å². The van der Waals surface area contributed by atoms with Crippen LogP contribution in [0.5, 0.6) is 0 Å². The number of carbonyl (C=O) groups excluding carboxylic acids is 1. The van der Waals surface area contributed by atoms with E-state index in [0.717, 1.165) is 45.6 Å². The average molecular weight is 412 g/mol. The first-order valence-corrected chi connectivity index (χ1v) is 11.7. The highest BCUT2D eigenvalue weighted by Crippen LogP contribution is 2.22. The molecule has 0 radical (unpaired) electrons. The van der Waals surface area contributed by atoms with Crippen LogP contribution in [0.4, 0.5) is 0 Å². The van der Waals surface area contributed by atoms with Crippen molar-refractivity contribution in [2.24, 2.45) is 5.14 Å². The normalized spacial score (nSPS) is 16.6. The molecular weight excluding hydrogens is 378 g/mol. The molecule has 158 valence electrons. The number of sulfonamides is 1. The lowest BCUT2D eigenvalue weighted by atomic mass is 10.0. The van der Waals surface area contributed by atoms with Gasteiger partial charge in [-0.1, -0.05) is 42.7 Å². The summed E-state index contributed by atoms with van der Waals surface area (Å²) < 4.78 is 27.2. The molecule has 1 aliphatic heterocycles. The van der Waals surface area contributed by atoms with Crippen LogP contribution in [-0.4, -0.2) is 57.8 Å². The van der Waals surface area contributed by atoms with E-state index in [0.29, 0.717) is 19.4 Å². The minimum Gasteiger partial charge on any atom is -0.379 e. The Bertz CT molecular complexity index is 718. The van der Waals surface area contributed by atoms with E-state index >= 15 is 0 Å². The average Bonchev–Trinajstić information content (AvgIpc) is 2.65. The van der Waals surface area contributed by atoms with Crippen LogP contribution in [0, 0.1) is 6.92 Å². The van der Waals surface area contributed by atoms with E-state index in [1.54, 1.807) is 0 Å². The number of amides is 1. The van der Waals surface area contributed by atoms with Gasteiger partial charge in [-0.15, -0.1) is 0 Å². The second-order valence-corrected chi connectivity index (χ2v) is 9.15. The van der Waals surface area contributed by atoms with Crippen molar-refractivity contribution in [1.29, 1.82) is 0 Å². The van der Waals surface area contributed by atoms with Crippen LogP contribution < -0.4 is 10.5 Å². The molecule has 1 fully saturated rings. The van der Waals surface area contributed by atoms with Crippen LogP contribution in [0.2, 0.25) is 0 Å². The van der Waals surface area contributed by atoms with Crippen LogP contribution in [0.15, 0.2) is 24.3 Å². The predicted octanol–water partition coefficient (Wildman–Crippen LogP) is 1.72. The van der Waals surface area contributed by atoms with Crippen molar-refractivity contribution < 1.29 is 17.9 Å². The topological polar surface area (TPSA) is 102 Å². The quantitative estimate of drug-likeness (QED) is 0.540. The third kappa shape index (κ3) is 8.68. The maximum atomic E-state index is 12.3. The van der Waals surface area contributed by atoms with E-state index in [9.17, 15) is 13.2 Å². The van der Waals surface area contributed by atoms with Gasteiger partial charge in [0.25, 0.3) is 0 Å². The van der Waals surface area contributed by atoms with Gasteiger partial charge in [-0.2, -0.15) is 0 Å². The van der Waals surface area contributed by atoms with E-state index in [1.165, 1.54) is 11.1 Å². The highest BCUT2D eigenvalue weighted by molar-refractivity contribution is 7.89. The van der Waals surface area contributed by atoms with Crippen molar-refractivity contribution in [3.05, 3.63) is 35.4 Å². The number of benzene rings is 1. The van der Waals surface area contributed by atoms with Crippen molar-refractivity contribution in [3.63, 3.8) is 0 Å². The zero-order valence-corrected chi connectivity index (χ0v) is 17.5. The molecule has 8 heteroatoms. The highest BCUT2D eigenvalue weighted by atomic mass is 32.2. The fourth-order valence-electron chi connectivity index (χ4n) is 3.47. The predicted molar refractivity (Wildman–Crippen MR) is 110 cm³/mol. The molecule has 1 aliphatic rings. The number of hydrogen-bond donors (Lipinski definition) is 2. The Kier molecular flexibility index (Phi) is 9.37. The molecule has 1 aromatic carbocycles. The first-order chi connectivity index (χ1) is 13.3. The molecular formula is C20H33N3O4S. The second kappa shape index (κ2) is 11.5. The number of morpholine rings is 1. The Hall–Kier alpha value is -1.48. The third-order valence-electron chi connectivity index (χ3n) is 4.99. The Balaban J connectivity index is 1.78. The summed E-state index contributed by atoms with van der Waals surface area (Å²) in [6.45, 7) is 5.81. The molecule has 28 heavy (non-hydrogen) atoms.